The molecule has 2 N–H and O–H groups in total. The summed E-state index contributed by atoms with van der Waals surface area (Å²) in [7, 11) is 0. The van der Waals surface area contributed by atoms with Gasteiger partial charge in [0.05, 0.1) is 19.1 Å². The van der Waals surface area contributed by atoms with E-state index in [0.717, 1.165) is 11.1 Å². The molecule has 1 amide bonds. The zero-order valence-corrected chi connectivity index (χ0v) is 10.8. The van der Waals surface area contributed by atoms with Crippen LogP contribution in [0.4, 0.5) is 13.2 Å². The number of benzene rings is 1. The molecule has 0 aliphatic carbocycles. The molecule has 1 aromatic rings. The Labute approximate surface area is 110 Å². The molecule has 0 saturated heterocycles. The van der Waals surface area contributed by atoms with Gasteiger partial charge in [-0.05, 0) is 19.4 Å². The third kappa shape index (κ3) is 6.24. The smallest absolute Gasteiger partial charge is 0.348 e. The van der Waals surface area contributed by atoms with Crippen LogP contribution in [-0.4, -0.2) is 25.2 Å². The van der Waals surface area contributed by atoms with Crippen LogP contribution < -0.4 is 10.6 Å². The van der Waals surface area contributed by atoms with Crippen molar-refractivity contribution in [3.05, 3.63) is 35.4 Å². The Hall–Kier alpha value is -1.56. The summed E-state index contributed by atoms with van der Waals surface area (Å²) in [5.74, 6) is -0.460. The number of halogens is 3. The predicted octanol–water partition coefficient (Wildman–Crippen LogP) is 2.32. The van der Waals surface area contributed by atoms with Gasteiger partial charge in [-0.25, -0.2) is 0 Å². The summed E-state index contributed by atoms with van der Waals surface area (Å²) in [6.07, 6.45) is -4.30. The quantitative estimate of drug-likeness (QED) is 0.865. The number of alkyl halides is 3. The maximum Gasteiger partial charge on any atom is 0.401 e. The predicted molar refractivity (Wildman–Crippen MR) is 66.7 cm³/mol. The van der Waals surface area contributed by atoms with Crippen LogP contribution >= 0.6 is 0 Å². The Balaban J connectivity index is 2.40. The van der Waals surface area contributed by atoms with Gasteiger partial charge in [0, 0.05) is 0 Å². The molecule has 6 heteroatoms. The fraction of sp³-hybridized carbons (Fsp3) is 0.462. The Morgan fingerprint density at radius 2 is 2.05 bits per heavy atom. The van der Waals surface area contributed by atoms with Crippen LogP contribution in [0.3, 0.4) is 0 Å². The SMILES string of the molecule is Cc1cccc([C@@H](C)NC(=O)CNCC(F)(F)F)c1. The van der Waals surface area contributed by atoms with Crippen LogP contribution in [0.25, 0.3) is 0 Å². The van der Waals surface area contributed by atoms with E-state index in [4.69, 9.17) is 0 Å². The lowest BCUT2D eigenvalue weighted by Crippen LogP contribution is -2.39. The molecule has 0 fully saturated rings. The van der Waals surface area contributed by atoms with Crippen molar-refractivity contribution in [2.45, 2.75) is 26.1 Å². The molecule has 0 aliphatic rings. The first kappa shape index (κ1) is 15.5. The largest absolute Gasteiger partial charge is 0.401 e. The molecule has 0 unspecified atom stereocenters. The van der Waals surface area contributed by atoms with Gasteiger partial charge in [0.25, 0.3) is 0 Å². The zero-order chi connectivity index (χ0) is 14.5. The number of nitrogens with one attached hydrogen (secondary N) is 2. The van der Waals surface area contributed by atoms with E-state index >= 15 is 0 Å². The average Bonchev–Trinajstić information content (AvgIpc) is 2.27. The molecular formula is C13H17F3N2O. The van der Waals surface area contributed by atoms with Gasteiger partial charge in [-0.1, -0.05) is 29.8 Å². The van der Waals surface area contributed by atoms with Crippen molar-refractivity contribution in [1.82, 2.24) is 10.6 Å². The monoisotopic (exact) mass is 274 g/mol. The van der Waals surface area contributed by atoms with Crippen molar-refractivity contribution in [2.24, 2.45) is 0 Å². The summed E-state index contributed by atoms with van der Waals surface area (Å²) in [6.45, 7) is 2.20. The van der Waals surface area contributed by atoms with E-state index in [0.29, 0.717) is 0 Å². The Morgan fingerprint density at radius 1 is 1.37 bits per heavy atom. The second-order valence-corrected chi connectivity index (χ2v) is 4.42. The highest BCUT2D eigenvalue weighted by atomic mass is 19.4. The third-order valence-electron chi connectivity index (χ3n) is 2.53. The van der Waals surface area contributed by atoms with E-state index in [1.807, 2.05) is 31.2 Å². The fourth-order valence-corrected chi connectivity index (χ4v) is 1.63. The second kappa shape index (κ2) is 6.56. The number of hydrogen-bond acceptors (Lipinski definition) is 2. The number of hydrogen-bond donors (Lipinski definition) is 2. The number of amides is 1. The van der Waals surface area contributed by atoms with Crippen molar-refractivity contribution in [3.8, 4) is 0 Å². The lowest BCUT2D eigenvalue weighted by molar-refractivity contribution is -0.128. The molecule has 1 aromatic carbocycles. The van der Waals surface area contributed by atoms with Gasteiger partial charge in [-0.2, -0.15) is 13.2 Å². The number of rotatable bonds is 5. The van der Waals surface area contributed by atoms with E-state index in [2.05, 4.69) is 10.6 Å². The Morgan fingerprint density at radius 3 is 2.63 bits per heavy atom. The van der Waals surface area contributed by atoms with E-state index in [1.165, 1.54) is 0 Å². The normalized spacial score (nSPS) is 13.1. The van der Waals surface area contributed by atoms with Gasteiger partial charge < -0.3 is 10.6 Å². The summed E-state index contributed by atoms with van der Waals surface area (Å²) in [5.41, 5.74) is 1.98. The highest BCUT2D eigenvalue weighted by Gasteiger charge is 2.26. The van der Waals surface area contributed by atoms with Crippen molar-refractivity contribution in [2.75, 3.05) is 13.1 Å². The van der Waals surface area contributed by atoms with Gasteiger partial charge in [0.2, 0.25) is 5.91 Å². The number of carbonyl (C=O) groups is 1. The van der Waals surface area contributed by atoms with Crippen LogP contribution in [-0.2, 0) is 4.79 Å². The third-order valence-corrected chi connectivity index (χ3v) is 2.53. The lowest BCUT2D eigenvalue weighted by atomic mass is 10.1. The van der Waals surface area contributed by atoms with Crippen LogP contribution in [0.1, 0.15) is 24.1 Å². The lowest BCUT2D eigenvalue weighted by Gasteiger charge is -2.15. The summed E-state index contributed by atoms with van der Waals surface area (Å²) < 4.78 is 35.7. The number of aryl methyl sites for hydroxylation is 1. The van der Waals surface area contributed by atoms with Crippen molar-refractivity contribution in [1.29, 1.82) is 0 Å². The average molecular weight is 274 g/mol. The van der Waals surface area contributed by atoms with Gasteiger partial charge in [0.15, 0.2) is 0 Å². The molecular weight excluding hydrogens is 257 g/mol. The Kier molecular flexibility index (Phi) is 5.35. The molecule has 19 heavy (non-hydrogen) atoms. The van der Waals surface area contributed by atoms with E-state index in [9.17, 15) is 18.0 Å². The van der Waals surface area contributed by atoms with E-state index in [1.54, 1.807) is 6.92 Å². The Bertz CT molecular complexity index is 432. The first-order valence-electron chi connectivity index (χ1n) is 5.91. The molecule has 106 valence electrons. The van der Waals surface area contributed by atoms with Crippen molar-refractivity contribution >= 4 is 5.91 Å². The first-order chi connectivity index (χ1) is 8.78. The molecule has 0 radical (unpaired) electrons. The minimum atomic E-state index is -4.30. The standard InChI is InChI=1S/C13H17F3N2O/c1-9-4-3-5-11(6-9)10(2)18-12(19)7-17-8-13(14,15)16/h3-6,10,17H,7-8H2,1-2H3,(H,18,19)/t10-/m1/s1. The topological polar surface area (TPSA) is 41.1 Å². The maximum atomic E-state index is 11.9. The molecule has 0 heterocycles. The molecule has 1 rings (SSSR count). The summed E-state index contributed by atoms with van der Waals surface area (Å²) in [5, 5.41) is 4.70. The molecule has 0 spiro atoms. The minimum Gasteiger partial charge on any atom is -0.348 e. The molecule has 0 aliphatic heterocycles. The van der Waals surface area contributed by atoms with Crippen molar-refractivity contribution in [3.63, 3.8) is 0 Å². The van der Waals surface area contributed by atoms with Crippen LogP contribution in [0.5, 0.6) is 0 Å². The van der Waals surface area contributed by atoms with Crippen LogP contribution in [0.15, 0.2) is 24.3 Å². The number of carbonyl (C=O) groups excluding carboxylic acids is 1. The minimum absolute atomic E-state index is 0.236. The van der Waals surface area contributed by atoms with Gasteiger partial charge in [-0.15, -0.1) is 0 Å². The molecule has 1 atom stereocenters. The molecule has 0 aromatic heterocycles. The van der Waals surface area contributed by atoms with Crippen molar-refractivity contribution < 1.29 is 18.0 Å². The first-order valence-corrected chi connectivity index (χ1v) is 5.91. The van der Waals surface area contributed by atoms with E-state index < -0.39 is 18.6 Å². The van der Waals surface area contributed by atoms with Crippen LogP contribution in [0.2, 0.25) is 0 Å². The highest BCUT2D eigenvalue weighted by molar-refractivity contribution is 5.78. The van der Waals surface area contributed by atoms with Crippen LogP contribution in [0, 0.1) is 6.92 Å². The zero-order valence-electron chi connectivity index (χ0n) is 10.8. The summed E-state index contributed by atoms with van der Waals surface area (Å²) in [6, 6.07) is 7.35. The highest BCUT2D eigenvalue weighted by Crippen LogP contribution is 2.14. The second-order valence-electron chi connectivity index (χ2n) is 4.42. The molecule has 0 saturated carbocycles. The van der Waals surface area contributed by atoms with E-state index in [-0.39, 0.29) is 12.6 Å². The van der Waals surface area contributed by atoms with Gasteiger partial charge >= 0.3 is 6.18 Å². The summed E-state index contributed by atoms with van der Waals surface area (Å²) in [4.78, 5) is 11.5. The molecule has 0 bridgehead atoms. The fourth-order valence-electron chi connectivity index (χ4n) is 1.63. The maximum absolute atomic E-state index is 11.9. The molecule has 3 nitrogen and oxygen atoms in total. The summed E-state index contributed by atoms with van der Waals surface area (Å²) >= 11 is 0. The van der Waals surface area contributed by atoms with Gasteiger partial charge in [0.1, 0.15) is 0 Å². The van der Waals surface area contributed by atoms with Gasteiger partial charge in [-0.3, -0.25) is 4.79 Å².